The van der Waals surface area contributed by atoms with Crippen molar-refractivity contribution in [3.05, 3.63) is 47.4 Å². The minimum Gasteiger partial charge on any atom is -0.366 e. The van der Waals surface area contributed by atoms with Crippen LogP contribution in [0.2, 0.25) is 0 Å². The molecule has 1 saturated heterocycles. The van der Waals surface area contributed by atoms with Crippen molar-refractivity contribution in [1.82, 2.24) is 15.5 Å². The van der Waals surface area contributed by atoms with Gasteiger partial charge in [-0.05, 0) is 17.7 Å². The van der Waals surface area contributed by atoms with E-state index in [1.54, 1.807) is 6.07 Å². The third-order valence-electron chi connectivity index (χ3n) is 2.95. The molecule has 0 spiro atoms. The van der Waals surface area contributed by atoms with Crippen LogP contribution in [-0.4, -0.2) is 29.3 Å². The number of aromatic nitrogens is 2. The SMILES string of the molecule is Fc1cccc(Cc2noc(COC3CNC3)n2)c1. The second kappa shape index (κ2) is 5.46. The number of nitrogens with one attached hydrogen (secondary N) is 1. The van der Waals surface area contributed by atoms with Gasteiger partial charge < -0.3 is 14.6 Å². The first-order valence-electron chi connectivity index (χ1n) is 6.18. The van der Waals surface area contributed by atoms with E-state index in [9.17, 15) is 4.39 Å². The zero-order valence-electron chi connectivity index (χ0n) is 10.3. The molecule has 0 aliphatic carbocycles. The lowest BCUT2D eigenvalue weighted by atomic mass is 10.1. The van der Waals surface area contributed by atoms with Crippen molar-refractivity contribution in [3.8, 4) is 0 Å². The van der Waals surface area contributed by atoms with Gasteiger partial charge in [0.25, 0.3) is 5.89 Å². The molecule has 0 bridgehead atoms. The number of halogens is 1. The van der Waals surface area contributed by atoms with Gasteiger partial charge in [0.05, 0.1) is 6.10 Å². The van der Waals surface area contributed by atoms with Crippen molar-refractivity contribution in [2.75, 3.05) is 13.1 Å². The standard InChI is InChI=1S/C13H14FN3O2/c14-10-3-1-2-9(4-10)5-12-16-13(19-17-12)8-18-11-6-15-7-11/h1-4,11,15H,5-8H2. The van der Waals surface area contributed by atoms with Crippen LogP contribution in [-0.2, 0) is 17.8 Å². The fraction of sp³-hybridized carbons (Fsp3) is 0.385. The van der Waals surface area contributed by atoms with Crippen LogP contribution in [0.4, 0.5) is 4.39 Å². The summed E-state index contributed by atoms with van der Waals surface area (Å²) in [7, 11) is 0. The van der Waals surface area contributed by atoms with Gasteiger partial charge in [-0.3, -0.25) is 0 Å². The Morgan fingerprint density at radius 2 is 2.32 bits per heavy atom. The Bertz CT molecular complexity index is 554. The highest BCUT2D eigenvalue weighted by Crippen LogP contribution is 2.10. The summed E-state index contributed by atoms with van der Waals surface area (Å²) in [5.74, 6) is 0.733. The maximum atomic E-state index is 13.0. The van der Waals surface area contributed by atoms with Crippen molar-refractivity contribution >= 4 is 0 Å². The fourth-order valence-electron chi connectivity index (χ4n) is 1.82. The van der Waals surface area contributed by atoms with Gasteiger partial charge >= 0.3 is 0 Å². The van der Waals surface area contributed by atoms with E-state index < -0.39 is 0 Å². The molecule has 6 heteroatoms. The third kappa shape index (κ3) is 3.15. The zero-order chi connectivity index (χ0) is 13.1. The molecule has 0 atom stereocenters. The molecule has 100 valence electrons. The first kappa shape index (κ1) is 12.3. The van der Waals surface area contributed by atoms with E-state index in [4.69, 9.17) is 9.26 Å². The average Bonchev–Trinajstić information content (AvgIpc) is 2.75. The van der Waals surface area contributed by atoms with Gasteiger partial charge in [-0.1, -0.05) is 17.3 Å². The second-order valence-electron chi connectivity index (χ2n) is 4.50. The molecule has 0 amide bonds. The Hall–Kier alpha value is -1.79. The molecule has 3 rings (SSSR count). The highest BCUT2D eigenvalue weighted by molar-refractivity contribution is 5.19. The van der Waals surface area contributed by atoms with E-state index >= 15 is 0 Å². The van der Waals surface area contributed by atoms with E-state index in [-0.39, 0.29) is 11.9 Å². The second-order valence-corrected chi connectivity index (χ2v) is 4.50. The summed E-state index contributed by atoms with van der Waals surface area (Å²) in [6.45, 7) is 2.05. The molecule has 1 aromatic heterocycles. The van der Waals surface area contributed by atoms with Crippen molar-refractivity contribution in [2.45, 2.75) is 19.1 Å². The van der Waals surface area contributed by atoms with Crippen LogP contribution in [0.25, 0.3) is 0 Å². The largest absolute Gasteiger partial charge is 0.366 e. The molecule has 0 radical (unpaired) electrons. The maximum absolute atomic E-state index is 13.0. The summed E-state index contributed by atoms with van der Waals surface area (Å²) in [5.41, 5.74) is 0.816. The molecule has 1 fully saturated rings. The summed E-state index contributed by atoms with van der Waals surface area (Å²) >= 11 is 0. The molecule has 1 aliphatic heterocycles. The lowest BCUT2D eigenvalue weighted by Gasteiger charge is -2.26. The summed E-state index contributed by atoms with van der Waals surface area (Å²) < 4.78 is 23.7. The van der Waals surface area contributed by atoms with Crippen molar-refractivity contribution in [1.29, 1.82) is 0 Å². The number of benzene rings is 1. The normalized spacial score (nSPS) is 15.4. The smallest absolute Gasteiger partial charge is 0.252 e. The molecule has 2 aromatic rings. The average molecular weight is 263 g/mol. The van der Waals surface area contributed by atoms with E-state index in [0.717, 1.165) is 18.7 Å². The molecule has 0 unspecified atom stereocenters. The fourth-order valence-corrected chi connectivity index (χ4v) is 1.82. The van der Waals surface area contributed by atoms with Crippen molar-refractivity contribution in [3.63, 3.8) is 0 Å². The van der Waals surface area contributed by atoms with Gasteiger partial charge in [0.2, 0.25) is 0 Å². The first-order valence-corrected chi connectivity index (χ1v) is 6.18. The van der Waals surface area contributed by atoms with Crippen molar-refractivity contribution < 1.29 is 13.7 Å². The van der Waals surface area contributed by atoms with Gasteiger partial charge in [-0.25, -0.2) is 4.39 Å². The topological polar surface area (TPSA) is 60.2 Å². The molecule has 1 N–H and O–H groups in total. The Morgan fingerprint density at radius 3 is 3.05 bits per heavy atom. The van der Waals surface area contributed by atoms with Gasteiger partial charge in [0.1, 0.15) is 12.4 Å². The molecule has 1 aromatic carbocycles. The Balaban J connectivity index is 1.57. The third-order valence-corrected chi connectivity index (χ3v) is 2.95. The monoisotopic (exact) mass is 263 g/mol. The highest BCUT2D eigenvalue weighted by Gasteiger charge is 2.18. The van der Waals surface area contributed by atoms with Crippen molar-refractivity contribution in [2.24, 2.45) is 0 Å². The predicted octanol–water partition coefficient (Wildman–Crippen LogP) is 1.29. The van der Waals surface area contributed by atoms with E-state index in [1.807, 2.05) is 6.07 Å². The van der Waals surface area contributed by atoms with Crippen LogP contribution in [0.1, 0.15) is 17.3 Å². The van der Waals surface area contributed by atoms with Crippen LogP contribution < -0.4 is 5.32 Å². The van der Waals surface area contributed by atoms with Gasteiger partial charge in [-0.15, -0.1) is 0 Å². The summed E-state index contributed by atoms with van der Waals surface area (Å²) in [6, 6.07) is 6.37. The van der Waals surface area contributed by atoms with E-state index in [1.165, 1.54) is 12.1 Å². The lowest BCUT2D eigenvalue weighted by Crippen LogP contribution is -2.48. The molecular formula is C13H14FN3O2. The van der Waals surface area contributed by atoms with Gasteiger partial charge in [0.15, 0.2) is 5.82 Å². The Labute approximate surface area is 109 Å². The number of ether oxygens (including phenoxy) is 1. The minimum absolute atomic E-state index is 0.235. The van der Waals surface area contributed by atoms with Crippen LogP contribution in [0.5, 0.6) is 0 Å². The quantitative estimate of drug-likeness (QED) is 0.880. The van der Waals surface area contributed by atoms with Crippen LogP contribution >= 0.6 is 0 Å². The summed E-state index contributed by atoms with van der Waals surface area (Å²) in [5, 5.41) is 6.97. The van der Waals surface area contributed by atoms with E-state index in [0.29, 0.717) is 24.7 Å². The zero-order valence-corrected chi connectivity index (χ0v) is 10.3. The number of hydrogen-bond donors (Lipinski definition) is 1. The van der Waals surface area contributed by atoms with Gasteiger partial charge in [0, 0.05) is 19.5 Å². The predicted molar refractivity (Wildman–Crippen MR) is 65.0 cm³/mol. The number of hydrogen-bond acceptors (Lipinski definition) is 5. The van der Waals surface area contributed by atoms with Gasteiger partial charge in [-0.2, -0.15) is 4.98 Å². The van der Waals surface area contributed by atoms with Crippen LogP contribution in [0.15, 0.2) is 28.8 Å². The summed E-state index contributed by atoms with van der Waals surface area (Å²) in [6.07, 6.45) is 0.685. The molecule has 0 saturated carbocycles. The van der Waals surface area contributed by atoms with Crippen LogP contribution in [0, 0.1) is 5.82 Å². The Kier molecular flexibility index (Phi) is 3.52. The minimum atomic E-state index is -0.262. The maximum Gasteiger partial charge on any atom is 0.252 e. The first-order chi connectivity index (χ1) is 9.29. The molecular weight excluding hydrogens is 249 g/mol. The highest BCUT2D eigenvalue weighted by atomic mass is 19.1. The molecule has 2 heterocycles. The summed E-state index contributed by atoms with van der Waals surface area (Å²) in [4.78, 5) is 4.22. The Morgan fingerprint density at radius 1 is 1.42 bits per heavy atom. The molecule has 5 nitrogen and oxygen atoms in total. The number of rotatable bonds is 5. The van der Waals surface area contributed by atoms with E-state index in [2.05, 4.69) is 15.5 Å². The molecule has 1 aliphatic rings. The number of nitrogens with zero attached hydrogens (tertiary/aromatic N) is 2. The molecule has 19 heavy (non-hydrogen) atoms. The van der Waals surface area contributed by atoms with Crippen LogP contribution in [0.3, 0.4) is 0 Å². The lowest BCUT2D eigenvalue weighted by molar-refractivity contribution is -0.00397.